The number of carbonyl (C=O) groups excluding carboxylic acids is 1. The van der Waals surface area contributed by atoms with E-state index in [2.05, 4.69) is 5.32 Å². The lowest BCUT2D eigenvalue weighted by atomic mass is 10.1. The highest BCUT2D eigenvalue weighted by Gasteiger charge is 2.31. The Morgan fingerprint density at radius 2 is 2.26 bits per heavy atom. The van der Waals surface area contributed by atoms with E-state index in [0.29, 0.717) is 25.2 Å². The molecule has 0 spiro atoms. The van der Waals surface area contributed by atoms with Crippen molar-refractivity contribution < 1.29 is 13.6 Å². The van der Waals surface area contributed by atoms with Crippen molar-refractivity contribution >= 4 is 6.03 Å². The summed E-state index contributed by atoms with van der Waals surface area (Å²) in [5.74, 6) is -1.08. The second kappa shape index (κ2) is 5.52. The third kappa shape index (κ3) is 3.01. The van der Waals surface area contributed by atoms with E-state index < -0.39 is 17.7 Å². The predicted molar refractivity (Wildman–Crippen MR) is 67.4 cm³/mol. The van der Waals surface area contributed by atoms with Crippen molar-refractivity contribution in [2.45, 2.75) is 13.0 Å². The van der Waals surface area contributed by atoms with Crippen LogP contribution in [0, 0.1) is 17.6 Å². The van der Waals surface area contributed by atoms with Crippen LogP contribution in [0.25, 0.3) is 0 Å². The van der Waals surface area contributed by atoms with Crippen LogP contribution in [0.4, 0.5) is 13.6 Å². The van der Waals surface area contributed by atoms with Gasteiger partial charge in [-0.2, -0.15) is 0 Å². The molecule has 2 atom stereocenters. The Morgan fingerprint density at radius 3 is 2.89 bits per heavy atom. The summed E-state index contributed by atoms with van der Waals surface area (Å²) in [6.07, 6.45) is 0. The minimum atomic E-state index is -0.640. The van der Waals surface area contributed by atoms with Crippen molar-refractivity contribution in [3.63, 3.8) is 0 Å². The van der Waals surface area contributed by atoms with Gasteiger partial charge in [-0.1, -0.05) is 13.0 Å². The number of hydrogen-bond donors (Lipinski definition) is 2. The molecule has 1 saturated heterocycles. The first kappa shape index (κ1) is 13.7. The molecule has 3 N–H and O–H groups in total. The molecule has 0 bridgehead atoms. The number of nitrogens with one attached hydrogen (secondary N) is 1. The zero-order valence-electron chi connectivity index (χ0n) is 10.7. The van der Waals surface area contributed by atoms with Gasteiger partial charge in [-0.3, -0.25) is 0 Å². The highest BCUT2D eigenvalue weighted by atomic mass is 19.1. The third-order valence-electron chi connectivity index (χ3n) is 3.26. The molecule has 4 nitrogen and oxygen atoms in total. The highest BCUT2D eigenvalue weighted by molar-refractivity contribution is 5.77. The molecule has 6 heteroatoms. The Kier molecular flexibility index (Phi) is 3.99. The minimum absolute atomic E-state index is 0.183. The molecule has 1 aromatic carbocycles. The number of nitrogens with two attached hydrogens (primary N) is 1. The van der Waals surface area contributed by atoms with Gasteiger partial charge in [0.1, 0.15) is 11.6 Å². The van der Waals surface area contributed by atoms with Crippen molar-refractivity contribution in [3.05, 3.63) is 35.4 Å². The fourth-order valence-electron chi connectivity index (χ4n) is 2.16. The third-order valence-corrected chi connectivity index (χ3v) is 3.26. The number of amides is 2. The predicted octanol–water partition coefficient (Wildman–Crippen LogP) is 1.63. The Labute approximate surface area is 110 Å². The lowest BCUT2D eigenvalue weighted by Crippen LogP contribution is -2.34. The fraction of sp³-hybridized carbons (Fsp3) is 0.462. The highest BCUT2D eigenvalue weighted by Crippen LogP contribution is 2.23. The van der Waals surface area contributed by atoms with Crippen molar-refractivity contribution in [2.24, 2.45) is 11.7 Å². The molecule has 1 aromatic rings. The molecule has 0 aliphatic carbocycles. The van der Waals surface area contributed by atoms with E-state index >= 15 is 0 Å². The quantitative estimate of drug-likeness (QED) is 0.872. The molecule has 1 aliphatic rings. The summed E-state index contributed by atoms with van der Waals surface area (Å²) in [7, 11) is 0. The Morgan fingerprint density at radius 1 is 1.53 bits per heavy atom. The van der Waals surface area contributed by atoms with E-state index in [-0.39, 0.29) is 11.9 Å². The van der Waals surface area contributed by atoms with Gasteiger partial charge in [0.25, 0.3) is 0 Å². The number of urea groups is 1. The maximum Gasteiger partial charge on any atom is 0.318 e. The average Bonchev–Trinajstić information content (AvgIpc) is 2.70. The van der Waals surface area contributed by atoms with Crippen LogP contribution in [-0.4, -0.2) is 30.6 Å². The molecule has 19 heavy (non-hydrogen) atoms. The van der Waals surface area contributed by atoms with E-state index in [4.69, 9.17) is 5.73 Å². The Balaban J connectivity index is 2.10. The number of nitrogens with zero attached hydrogens (tertiary/aromatic N) is 1. The summed E-state index contributed by atoms with van der Waals surface area (Å²) in [5.41, 5.74) is 5.83. The molecule has 1 heterocycles. The largest absolute Gasteiger partial charge is 0.330 e. The number of benzene rings is 1. The maximum absolute atomic E-state index is 13.7. The average molecular weight is 269 g/mol. The standard InChI is InChI=1S/C13H17F2N3O/c1-8(5-16)6-18-7-12(17-13(18)19)10-3-2-9(14)4-11(10)15/h2-4,8,12H,5-7,16H2,1H3,(H,17,19). The van der Waals surface area contributed by atoms with E-state index in [0.717, 1.165) is 6.07 Å². The summed E-state index contributed by atoms with van der Waals surface area (Å²) >= 11 is 0. The number of rotatable bonds is 4. The van der Waals surface area contributed by atoms with Gasteiger partial charge < -0.3 is 16.0 Å². The first-order valence-corrected chi connectivity index (χ1v) is 6.21. The summed E-state index contributed by atoms with van der Waals surface area (Å²) < 4.78 is 26.5. The molecule has 104 valence electrons. The van der Waals surface area contributed by atoms with Gasteiger partial charge in [-0.05, 0) is 18.5 Å². The molecule has 0 radical (unpaired) electrons. The molecule has 0 saturated carbocycles. The van der Waals surface area contributed by atoms with Gasteiger partial charge in [0, 0.05) is 24.7 Å². The molecule has 2 unspecified atom stereocenters. The molecule has 1 aliphatic heterocycles. The van der Waals surface area contributed by atoms with Gasteiger partial charge in [0.05, 0.1) is 6.04 Å². The summed E-state index contributed by atoms with van der Waals surface area (Å²) in [4.78, 5) is 13.4. The second-order valence-electron chi connectivity index (χ2n) is 4.91. The molecular formula is C13H17F2N3O. The van der Waals surface area contributed by atoms with Gasteiger partial charge in [-0.15, -0.1) is 0 Å². The monoisotopic (exact) mass is 269 g/mol. The molecule has 2 rings (SSSR count). The SMILES string of the molecule is CC(CN)CN1CC(c2ccc(F)cc2F)NC1=O. The van der Waals surface area contributed by atoms with Gasteiger partial charge >= 0.3 is 6.03 Å². The number of hydrogen-bond acceptors (Lipinski definition) is 2. The van der Waals surface area contributed by atoms with Crippen LogP contribution in [0.5, 0.6) is 0 Å². The maximum atomic E-state index is 13.7. The molecule has 0 aromatic heterocycles. The van der Waals surface area contributed by atoms with Crippen LogP contribution in [0.1, 0.15) is 18.5 Å². The van der Waals surface area contributed by atoms with Gasteiger partial charge in [-0.25, -0.2) is 13.6 Å². The van der Waals surface area contributed by atoms with Crippen molar-refractivity contribution in [1.29, 1.82) is 0 Å². The smallest absolute Gasteiger partial charge is 0.318 e. The summed E-state index contributed by atoms with van der Waals surface area (Å²) in [6, 6.07) is 2.69. The van der Waals surface area contributed by atoms with Gasteiger partial charge in [0.2, 0.25) is 0 Å². The lowest BCUT2D eigenvalue weighted by molar-refractivity contribution is 0.211. The van der Waals surface area contributed by atoms with Crippen LogP contribution in [0.2, 0.25) is 0 Å². The van der Waals surface area contributed by atoms with E-state index in [1.54, 1.807) is 4.90 Å². The van der Waals surface area contributed by atoms with Crippen LogP contribution in [0.3, 0.4) is 0 Å². The van der Waals surface area contributed by atoms with Crippen LogP contribution >= 0.6 is 0 Å². The van der Waals surface area contributed by atoms with Crippen molar-refractivity contribution in [1.82, 2.24) is 10.2 Å². The topological polar surface area (TPSA) is 58.4 Å². The first-order valence-electron chi connectivity index (χ1n) is 6.21. The van der Waals surface area contributed by atoms with Crippen molar-refractivity contribution in [3.8, 4) is 0 Å². The molecular weight excluding hydrogens is 252 g/mol. The molecule has 2 amide bonds. The van der Waals surface area contributed by atoms with Crippen LogP contribution < -0.4 is 11.1 Å². The summed E-state index contributed by atoms with van der Waals surface area (Å²) in [5, 5.41) is 2.69. The van der Waals surface area contributed by atoms with E-state index in [9.17, 15) is 13.6 Å². The van der Waals surface area contributed by atoms with Gasteiger partial charge in [0.15, 0.2) is 0 Å². The Hall–Kier alpha value is -1.69. The van der Waals surface area contributed by atoms with Crippen LogP contribution in [0.15, 0.2) is 18.2 Å². The number of halogens is 2. The number of carbonyl (C=O) groups is 1. The van der Waals surface area contributed by atoms with E-state index in [1.807, 2.05) is 6.92 Å². The van der Waals surface area contributed by atoms with E-state index in [1.165, 1.54) is 12.1 Å². The zero-order chi connectivity index (χ0) is 14.0. The zero-order valence-corrected chi connectivity index (χ0v) is 10.7. The molecule has 1 fully saturated rings. The normalized spacial score (nSPS) is 20.5. The minimum Gasteiger partial charge on any atom is -0.330 e. The summed E-state index contributed by atoms with van der Waals surface area (Å²) in [6.45, 7) is 3.33. The van der Waals surface area contributed by atoms with Crippen molar-refractivity contribution in [2.75, 3.05) is 19.6 Å². The second-order valence-corrected chi connectivity index (χ2v) is 4.91. The Bertz CT molecular complexity index is 481. The van der Waals surface area contributed by atoms with Crippen LogP contribution in [-0.2, 0) is 0 Å². The fourth-order valence-corrected chi connectivity index (χ4v) is 2.16. The first-order chi connectivity index (χ1) is 9.01. The lowest BCUT2D eigenvalue weighted by Gasteiger charge is -2.18.